The average molecular weight is 330 g/mol. The molecule has 0 bridgehead atoms. The smallest absolute Gasteiger partial charge is 0.270 e. The number of carbonyl (C=O) groups excluding carboxylic acids is 1. The Labute approximate surface area is 145 Å². The van der Waals surface area contributed by atoms with E-state index in [0.29, 0.717) is 18.0 Å². The van der Waals surface area contributed by atoms with Crippen LogP contribution in [0.15, 0.2) is 18.3 Å². The van der Waals surface area contributed by atoms with E-state index in [9.17, 15) is 4.79 Å². The molecule has 3 heterocycles. The zero-order chi connectivity index (χ0) is 16.7. The number of nitrogens with one attached hydrogen (secondary N) is 1. The Morgan fingerprint density at radius 1 is 1.33 bits per heavy atom. The fourth-order valence-corrected chi connectivity index (χ4v) is 4.75. The van der Waals surface area contributed by atoms with Gasteiger partial charge in [-0.2, -0.15) is 0 Å². The van der Waals surface area contributed by atoms with Crippen molar-refractivity contribution in [2.75, 3.05) is 40.3 Å². The lowest BCUT2D eigenvalue weighted by atomic mass is 9.92. The number of likely N-dealkylation sites (tertiary alicyclic amines) is 2. The summed E-state index contributed by atoms with van der Waals surface area (Å²) in [4.78, 5) is 22.9. The van der Waals surface area contributed by atoms with Crippen LogP contribution in [0, 0.1) is 11.8 Å². The Morgan fingerprint density at radius 2 is 2.17 bits per heavy atom. The first-order chi connectivity index (χ1) is 11.6. The lowest BCUT2D eigenvalue weighted by Crippen LogP contribution is -2.50. The van der Waals surface area contributed by atoms with Crippen molar-refractivity contribution in [3.63, 3.8) is 0 Å². The van der Waals surface area contributed by atoms with Crippen molar-refractivity contribution in [3.05, 3.63) is 24.0 Å². The number of nitrogens with zero attached hydrogens (tertiary/aromatic N) is 3. The summed E-state index contributed by atoms with van der Waals surface area (Å²) in [5.74, 6) is 1.75. The molecule has 1 saturated carbocycles. The number of rotatable bonds is 5. The van der Waals surface area contributed by atoms with Crippen LogP contribution in [-0.4, -0.2) is 77.9 Å². The number of carbonyl (C=O) groups is 1. The molecule has 3 atom stereocenters. The minimum atomic E-state index is 0.170. The predicted octanol–water partition coefficient (Wildman–Crippen LogP) is 1.89. The molecule has 5 heteroatoms. The highest BCUT2D eigenvalue weighted by Gasteiger charge is 2.46. The number of hydrogen-bond donors (Lipinski definition) is 1. The van der Waals surface area contributed by atoms with Gasteiger partial charge in [-0.05, 0) is 63.7 Å². The zero-order valence-electron chi connectivity index (χ0n) is 14.9. The van der Waals surface area contributed by atoms with Crippen molar-refractivity contribution in [2.24, 2.45) is 11.8 Å². The van der Waals surface area contributed by atoms with Crippen molar-refractivity contribution in [1.82, 2.24) is 19.7 Å². The van der Waals surface area contributed by atoms with Crippen LogP contribution in [0.4, 0.5) is 0 Å². The molecule has 24 heavy (non-hydrogen) atoms. The van der Waals surface area contributed by atoms with Crippen LogP contribution >= 0.6 is 0 Å². The van der Waals surface area contributed by atoms with Crippen molar-refractivity contribution in [3.8, 4) is 0 Å². The largest absolute Gasteiger partial charge is 0.357 e. The first kappa shape index (κ1) is 16.2. The highest BCUT2D eigenvalue weighted by molar-refractivity contribution is 5.92. The first-order valence-corrected chi connectivity index (χ1v) is 9.45. The van der Waals surface area contributed by atoms with Gasteiger partial charge in [0.15, 0.2) is 0 Å². The lowest BCUT2D eigenvalue weighted by Gasteiger charge is -2.39. The molecule has 1 N–H and O–H groups in total. The molecule has 1 amide bonds. The average Bonchev–Trinajstić information content (AvgIpc) is 3.08. The van der Waals surface area contributed by atoms with Crippen LogP contribution in [0.3, 0.4) is 0 Å². The number of aromatic nitrogens is 1. The van der Waals surface area contributed by atoms with Crippen LogP contribution < -0.4 is 0 Å². The predicted molar refractivity (Wildman–Crippen MR) is 95.0 cm³/mol. The molecule has 0 spiro atoms. The van der Waals surface area contributed by atoms with E-state index in [4.69, 9.17) is 0 Å². The number of likely N-dealkylation sites (N-methyl/N-ethyl adjacent to an activating group) is 1. The van der Waals surface area contributed by atoms with Crippen LogP contribution in [-0.2, 0) is 0 Å². The highest BCUT2D eigenvalue weighted by Crippen LogP contribution is 2.40. The standard InChI is InChI=1S/C19H30N4O/c1-21(2)13-16-10-15-12-22(19(24)17-4-3-8-20-17)9-7-18(15)23(16)11-14-5-6-14/h3-4,8,14-16,18,20H,5-7,9-13H2,1-2H3/t15-,16+,18+/m1/s1. The molecule has 1 aliphatic carbocycles. The monoisotopic (exact) mass is 330 g/mol. The van der Waals surface area contributed by atoms with Gasteiger partial charge in [0.05, 0.1) is 0 Å². The van der Waals surface area contributed by atoms with Crippen LogP contribution in [0.25, 0.3) is 0 Å². The summed E-state index contributed by atoms with van der Waals surface area (Å²) in [5, 5.41) is 0. The fraction of sp³-hybridized carbons (Fsp3) is 0.737. The summed E-state index contributed by atoms with van der Waals surface area (Å²) >= 11 is 0. The van der Waals surface area contributed by atoms with Crippen LogP contribution in [0.5, 0.6) is 0 Å². The molecule has 0 radical (unpaired) electrons. The zero-order valence-corrected chi connectivity index (χ0v) is 14.9. The molecule has 132 valence electrons. The normalized spacial score (nSPS) is 30.8. The van der Waals surface area contributed by atoms with E-state index in [1.54, 1.807) is 0 Å². The summed E-state index contributed by atoms with van der Waals surface area (Å²) < 4.78 is 0. The van der Waals surface area contributed by atoms with Gasteiger partial charge in [-0.25, -0.2) is 0 Å². The van der Waals surface area contributed by atoms with Gasteiger partial charge in [-0.3, -0.25) is 9.69 Å². The summed E-state index contributed by atoms with van der Waals surface area (Å²) in [7, 11) is 4.36. The van der Waals surface area contributed by atoms with Crippen LogP contribution in [0.1, 0.15) is 36.2 Å². The van der Waals surface area contributed by atoms with Gasteiger partial charge in [0.1, 0.15) is 5.69 Å². The van der Waals surface area contributed by atoms with E-state index in [0.717, 1.165) is 37.7 Å². The Kier molecular flexibility index (Phi) is 4.39. The van der Waals surface area contributed by atoms with Gasteiger partial charge in [0.25, 0.3) is 5.91 Å². The van der Waals surface area contributed by atoms with Gasteiger partial charge in [0.2, 0.25) is 0 Å². The quantitative estimate of drug-likeness (QED) is 0.896. The molecule has 2 saturated heterocycles. The topological polar surface area (TPSA) is 42.6 Å². The van der Waals surface area contributed by atoms with Crippen molar-refractivity contribution >= 4 is 5.91 Å². The Balaban J connectivity index is 1.44. The third-order valence-electron chi connectivity index (χ3n) is 6.02. The number of piperidine rings is 1. The van der Waals surface area contributed by atoms with Gasteiger partial charge in [-0.1, -0.05) is 0 Å². The first-order valence-electron chi connectivity index (χ1n) is 9.45. The molecule has 3 fully saturated rings. The van der Waals surface area contributed by atoms with Crippen molar-refractivity contribution in [2.45, 2.75) is 37.8 Å². The summed E-state index contributed by atoms with van der Waals surface area (Å²) in [6.07, 6.45) is 7.04. The molecule has 0 unspecified atom stereocenters. The maximum absolute atomic E-state index is 12.7. The van der Waals surface area contributed by atoms with Crippen molar-refractivity contribution < 1.29 is 4.79 Å². The molecule has 1 aromatic rings. The van der Waals surface area contributed by atoms with Gasteiger partial charge in [0, 0.05) is 44.5 Å². The van der Waals surface area contributed by atoms with E-state index in [2.05, 4.69) is 33.8 Å². The van der Waals surface area contributed by atoms with Crippen LogP contribution in [0.2, 0.25) is 0 Å². The van der Waals surface area contributed by atoms with Gasteiger partial charge < -0.3 is 14.8 Å². The van der Waals surface area contributed by atoms with E-state index in [1.165, 1.54) is 25.8 Å². The third-order valence-corrected chi connectivity index (χ3v) is 6.02. The number of H-pyrrole nitrogens is 1. The second kappa shape index (κ2) is 6.52. The Bertz CT molecular complexity index is 566. The summed E-state index contributed by atoms with van der Waals surface area (Å²) in [6.45, 7) is 4.25. The van der Waals surface area contributed by atoms with E-state index < -0.39 is 0 Å². The molecular formula is C19H30N4O. The van der Waals surface area contributed by atoms with E-state index in [-0.39, 0.29) is 5.91 Å². The Hall–Kier alpha value is -1.33. The van der Waals surface area contributed by atoms with E-state index >= 15 is 0 Å². The minimum Gasteiger partial charge on any atom is -0.357 e. The molecule has 4 rings (SSSR count). The highest BCUT2D eigenvalue weighted by atomic mass is 16.2. The molecule has 2 aliphatic heterocycles. The second-order valence-corrected chi connectivity index (χ2v) is 8.24. The maximum atomic E-state index is 12.7. The minimum absolute atomic E-state index is 0.170. The molecule has 1 aromatic heterocycles. The fourth-order valence-electron chi connectivity index (χ4n) is 4.75. The Morgan fingerprint density at radius 3 is 2.83 bits per heavy atom. The number of amides is 1. The van der Waals surface area contributed by atoms with Gasteiger partial charge >= 0.3 is 0 Å². The van der Waals surface area contributed by atoms with E-state index in [1.807, 2.05) is 18.3 Å². The molecule has 3 aliphatic rings. The maximum Gasteiger partial charge on any atom is 0.270 e. The number of aromatic amines is 1. The molecule has 5 nitrogen and oxygen atoms in total. The third kappa shape index (κ3) is 3.24. The van der Waals surface area contributed by atoms with Gasteiger partial charge in [-0.15, -0.1) is 0 Å². The lowest BCUT2D eigenvalue weighted by molar-refractivity contribution is 0.0566. The SMILES string of the molecule is CN(C)C[C@@H]1C[C@@H]2CN(C(=O)c3ccc[nH]3)CC[C@@H]2N1CC1CC1. The second-order valence-electron chi connectivity index (χ2n) is 8.24. The number of hydrogen-bond acceptors (Lipinski definition) is 3. The number of fused-ring (bicyclic) bond motifs is 1. The van der Waals surface area contributed by atoms with Crippen molar-refractivity contribution in [1.29, 1.82) is 0 Å². The summed E-state index contributed by atoms with van der Waals surface area (Å²) in [6, 6.07) is 5.14. The summed E-state index contributed by atoms with van der Waals surface area (Å²) in [5.41, 5.74) is 0.728. The molecular weight excluding hydrogens is 300 g/mol. The molecule has 0 aromatic carbocycles.